The van der Waals surface area contributed by atoms with E-state index < -0.39 is 0 Å². The van der Waals surface area contributed by atoms with E-state index in [4.69, 9.17) is 4.98 Å². The number of carbonyl (C=O) groups excluding carboxylic acids is 1. The second-order valence-electron chi connectivity index (χ2n) is 7.68. The van der Waals surface area contributed by atoms with Crippen LogP contribution in [0, 0.1) is 13.8 Å². The van der Waals surface area contributed by atoms with Crippen LogP contribution in [0.25, 0.3) is 17.2 Å². The van der Waals surface area contributed by atoms with Gasteiger partial charge in [0.05, 0.1) is 29.7 Å². The third-order valence-corrected chi connectivity index (χ3v) is 6.49. The summed E-state index contributed by atoms with van der Waals surface area (Å²) in [6.07, 6.45) is 6.53. The minimum absolute atomic E-state index is 0.184. The van der Waals surface area contributed by atoms with E-state index in [9.17, 15) is 4.79 Å². The highest BCUT2D eigenvalue weighted by Gasteiger charge is 2.20. The molecular formula is C23H22N6OS. The van der Waals surface area contributed by atoms with Crippen molar-refractivity contribution in [2.24, 2.45) is 0 Å². The summed E-state index contributed by atoms with van der Waals surface area (Å²) < 4.78 is 1.64. The van der Waals surface area contributed by atoms with E-state index in [0.29, 0.717) is 23.8 Å². The van der Waals surface area contributed by atoms with Crippen molar-refractivity contribution >= 4 is 17.2 Å². The first kappa shape index (κ1) is 19.6. The van der Waals surface area contributed by atoms with Crippen LogP contribution in [-0.2, 0) is 19.4 Å². The van der Waals surface area contributed by atoms with Crippen molar-refractivity contribution < 1.29 is 4.79 Å². The molecule has 0 bridgehead atoms. The normalized spacial score (nSPS) is 12.7. The van der Waals surface area contributed by atoms with E-state index in [1.165, 1.54) is 16.9 Å². The van der Waals surface area contributed by atoms with Gasteiger partial charge in [-0.05, 0) is 44.2 Å². The summed E-state index contributed by atoms with van der Waals surface area (Å²) in [5.74, 6) is 0.291. The Balaban J connectivity index is 1.44. The highest BCUT2D eigenvalue weighted by Crippen LogP contribution is 2.31. The SMILES string of the molecule is Cc1csc(CNC(=O)c2cnn(-c3ncc4c(n3)-c3ccccc3CCC4)c2C)n1. The topological polar surface area (TPSA) is 85.6 Å². The molecule has 0 atom stereocenters. The Hall–Kier alpha value is -3.39. The Morgan fingerprint density at radius 2 is 1.97 bits per heavy atom. The van der Waals surface area contributed by atoms with Gasteiger partial charge in [-0.2, -0.15) is 5.10 Å². The Morgan fingerprint density at radius 1 is 1.13 bits per heavy atom. The lowest BCUT2D eigenvalue weighted by Crippen LogP contribution is -2.23. The van der Waals surface area contributed by atoms with Gasteiger partial charge < -0.3 is 5.32 Å². The average Bonchev–Trinajstić information content (AvgIpc) is 3.32. The Bertz CT molecular complexity index is 1270. The smallest absolute Gasteiger partial charge is 0.255 e. The number of hydrogen-bond donors (Lipinski definition) is 1. The number of thiazole rings is 1. The van der Waals surface area contributed by atoms with Crippen LogP contribution in [0.15, 0.2) is 42.0 Å². The first-order valence-electron chi connectivity index (χ1n) is 10.3. The van der Waals surface area contributed by atoms with Gasteiger partial charge in [0.15, 0.2) is 0 Å². The predicted octanol–water partition coefficient (Wildman–Crippen LogP) is 3.82. The first-order chi connectivity index (χ1) is 15.1. The minimum atomic E-state index is -0.184. The maximum absolute atomic E-state index is 12.7. The molecule has 7 nitrogen and oxygen atoms in total. The first-order valence-corrected chi connectivity index (χ1v) is 11.2. The summed E-state index contributed by atoms with van der Waals surface area (Å²) in [5.41, 5.74) is 6.73. The fraction of sp³-hybridized carbons (Fsp3) is 0.261. The summed E-state index contributed by atoms with van der Waals surface area (Å²) in [5, 5.41) is 10.2. The van der Waals surface area contributed by atoms with Gasteiger partial charge in [0.25, 0.3) is 11.9 Å². The maximum atomic E-state index is 12.7. The zero-order valence-corrected chi connectivity index (χ0v) is 18.2. The van der Waals surface area contributed by atoms with E-state index >= 15 is 0 Å². The van der Waals surface area contributed by atoms with Crippen LogP contribution in [0.3, 0.4) is 0 Å². The minimum Gasteiger partial charge on any atom is -0.345 e. The van der Waals surface area contributed by atoms with Crippen LogP contribution in [0.5, 0.6) is 0 Å². The van der Waals surface area contributed by atoms with Gasteiger partial charge in [-0.1, -0.05) is 24.3 Å². The molecule has 1 aliphatic carbocycles. The van der Waals surface area contributed by atoms with Crippen molar-refractivity contribution in [1.29, 1.82) is 0 Å². The van der Waals surface area contributed by atoms with Crippen LogP contribution < -0.4 is 5.32 Å². The van der Waals surface area contributed by atoms with Crippen LogP contribution in [-0.4, -0.2) is 30.6 Å². The number of aryl methyl sites for hydroxylation is 3. The molecule has 1 aromatic carbocycles. The van der Waals surface area contributed by atoms with Crippen LogP contribution in [0.2, 0.25) is 0 Å². The zero-order valence-electron chi connectivity index (χ0n) is 17.4. The zero-order chi connectivity index (χ0) is 21.4. The molecule has 1 amide bonds. The Kier molecular flexibility index (Phi) is 5.07. The molecule has 8 heteroatoms. The molecule has 0 saturated carbocycles. The summed E-state index contributed by atoms with van der Waals surface area (Å²) in [6.45, 7) is 4.20. The molecule has 31 heavy (non-hydrogen) atoms. The Morgan fingerprint density at radius 3 is 2.81 bits per heavy atom. The van der Waals surface area contributed by atoms with Gasteiger partial charge in [0.1, 0.15) is 5.01 Å². The molecule has 156 valence electrons. The second-order valence-corrected chi connectivity index (χ2v) is 8.62. The molecule has 0 spiro atoms. The third-order valence-electron chi connectivity index (χ3n) is 5.53. The van der Waals surface area contributed by atoms with Crippen molar-refractivity contribution in [3.05, 3.63) is 75.1 Å². The molecular weight excluding hydrogens is 408 g/mol. The van der Waals surface area contributed by atoms with E-state index in [1.54, 1.807) is 10.9 Å². The number of rotatable bonds is 4. The molecule has 4 aromatic rings. The molecule has 5 rings (SSSR count). The summed E-state index contributed by atoms with van der Waals surface area (Å²) >= 11 is 1.54. The number of fused-ring (bicyclic) bond motifs is 3. The van der Waals surface area contributed by atoms with Gasteiger partial charge >= 0.3 is 0 Å². The number of hydrogen-bond acceptors (Lipinski definition) is 6. The van der Waals surface area contributed by atoms with Crippen molar-refractivity contribution in [2.75, 3.05) is 0 Å². The number of carbonyl (C=O) groups is 1. The molecule has 1 aliphatic rings. The van der Waals surface area contributed by atoms with E-state index in [1.807, 2.05) is 31.5 Å². The summed E-state index contributed by atoms with van der Waals surface area (Å²) in [6, 6.07) is 8.39. The number of aromatic nitrogens is 5. The average molecular weight is 431 g/mol. The lowest BCUT2D eigenvalue weighted by molar-refractivity contribution is 0.0950. The summed E-state index contributed by atoms with van der Waals surface area (Å²) in [4.78, 5) is 26.5. The third kappa shape index (κ3) is 3.74. The molecule has 1 N–H and O–H groups in total. The van der Waals surface area contributed by atoms with Crippen LogP contribution >= 0.6 is 11.3 Å². The fourth-order valence-corrected chi connectivity index (χ4v) is 4.63. The van der Waals surface area contributed by atoms with Crippen LogP contribution in [0.4, 0.5) is 0 Å². The molecule has 3 aromatic heterocycles. The second kappa shape index (κ2) is 8.03. The van der Waals surface area contributed by atoms with Gasteiger partial charge in [-0.15, -0.1) is 11.3 Å². The maximum Gasteiger partial charge on any atom is 0.255 e. The number of amides is 1. The number of nitrogens with zero attached hydrogens (tertiary/aromatic N) is 5. The van der Waals surface area contributed by atoms with E-state index in [2.05, 4.69) is 38.6 Å². The monoisotopic (exact) mass is 430 g/mol. The van der Waals surface area contributed by atoms with Gasteiger partial charge in [-0.25, -0.2) is 19.6 Å². The van der Waals surface area contributed by atoms with E-state index in [0.717, 1.165) is 46.8 Å². The molecule has 0 fully saturated rings. The largest absolute Gasteiger partial charge is 0.345 e. The molecule has 0 radical (unpaired) electrons. The van der Waals surface area contributed by atoms with Gasteiger partial charge in [0.2, 0.25) is 0 Å². The van der Waals surface area contributed by atoms with Crippen molar-refractivity contribution in [3.8, 4) is 17.2 Å². The highest BCUT2D eigenvalue weighted by molar-refractivity contribution is 7.09. The van der Waals surface area contributed by atoms with Crippen LogP contribution in [0.1, 0.15) is 44.3 Å². The van der Waals surface area contributed by atoms with Gasteiger partial charge in [-0.3, -0.25) is 4.79 Å². The summed E-state index contributed by atoms with van der Waals surface area (Å²) in [7, 11) is 0. The van der Waals surface area contributed by atoms with Crippen molar-refractivity contribution in [2.45, 2.75) is 39.7 Å². The molecule has 3 heterocycles. The van der Waals surface area contributed by atoms with Crippen molar-refractivity contribution in [1.82, 2.24) is 30.0 Å². The molecule has 0 saturated heterocycles. The highest BCUT2D eigenvalue weighted by atomic mass is 32.1. The fourth-order valence-electron chi connectivity index (χ4n) is 3.92. The lowest BCUT2D eigenvalue weighted by Gasteiger charge is -2.10. The quantitative estimate of drug-likeness (QED) is 0.532. The predicted molar refractivity (Wildman–Crippen MR) is 119 cm³/mol. The van der Waals surface area contributed by atoms with E-state index in [-0.39, 0.29) is 5.91 Å². The molecule has 0 aliphatic heterocycles. The van der Waals surface area contributed by atoms with Crippen molar-refractivity contribution in [3.63, 3.8) is 0 Å². The standard InChI is InChI=1S/C23H22N6OS/c1-14-13-31-20(27-14)12-24-22(30)19-11-26-29(15(19)2)23-25-10-17-8-5-7-16-6-3-4-9-18(16)21(17)28-23/h3-4,6,9-11,13H,5,7-8,12H2,1-2H3,(H,24,30). The number of benzene rings is 1. The van der Waals surface area contributed by atoms with Gasteiger partial charge in [0, 0.05) is 22.8 Å². The number of nitrogens with one attached hydrogen (secondary N) is 1. The lowest BCUT2D eigenvalue weighted by atomic mass is 10.0. The Labute approximate surface area is 184 Å². The molecule has 0 unspecified atom stereocenters.